The van der Waals surface area contributed by atoms with Gasteiger partial charge in [-0.05, 0) is 45.7 Å². The summed E-state index contributed by atoms with van der Waals surface area (Å²) in [4.78, 5) is 22.3. The number of rotatable bonds is 3. The van der Waals surface area contributed by atoms with E-state index in [0.29, 0.717) is 4.48 Å². The lowest BCUT2D eigenvalue weighted by Gasteiger charge is -2.17. The minimum absolute atomic E-state index is 0.383. The monoisotopic (exact) mass is 340 g/mol. The minimum Gasteiger partial charge on any atom is -0.468 e. The molecule has 1 saturated heterocycles. The van der Waals surface area contributed by atoms with Gasteiger partial charge in [0.25, 0.3) is 4.51 Å². The molecule has 4 nitrogen and oxygen atoms in total. The fourth-order valence-corrected chi connectivity index (χ4v) is 2.06. The average molecular weight is 342 g/mol. The lowest BCUT2D eigenvalue weighted by atomic mass is 9.93. The van der Waals surface area contributed by atoms with Crippen LogP contribution < -0.4 is 0 Å². The van der Waals surface area contributed by atoms with Gasteiger partial charge < -0.3 is 9.47 Å². The lowest BCUT2D eigenvalue weighted by molar-refractivity contribution is -0.148. The molecule has 1 atom stereocenters. The molecule has 84 valence electrons. The predicted octanol–water partition coefficient (Wildman–Crippen LogP) is 2.11. The summed E-state index contributed by atoms with van der Waals surface area (Å²) >= 11 is 6.30. The maximum atomic E-state index is 11.4. The van der Waals surface area contributed by atoms with Crippen LogP contribution in [0.2, 0.25) is 0 Å². The van der Waals surface area contributed by atoms with Gasteiger partial charge in [-0.1, -0.05) is 6.08 Å². The summed E-state index contributed by atoms with van der Waals surface area (Å²) in [7, 11) is 1.31. The van der Waals surface area contributed by atoms with E-state index in [0.717, 1.165) is 0 Å². The highest BCUT2D eigenvalue weighted by atomic mass is 79.9. The molecule has 0 radical (unpaired) electrons. The molecule has 0 aromatic heterocycles. The predicted molar refractivity (Wildman–Crippen MR) is 60.6 cm³/mol. The summed E-state index contributed by atoms with van der Waals surface area (Å²) in [6.45, 7) is 3.37. The van der Waals surface area contributed by atoms with Gasteiger partial charge in [-0.15, -0.1) is 0 Å². The number of carbonyl (C=O) groups excluding carboxylic acids is 2. The van der Waals surface area contributed by atoms with Crippen molar-refractivity contribution in [2.75, 3.05) is 7.11 Å². The van der Waals surface area contributed by atoms with E-state index in [-0.39, 0.29) is 11.9 Å². The van der Waals surface area contributed by atoms with E-state index >= 15 is 0 Å². The molecule has 1 unspecified atom stereocenters. The Balaban J connectivity index is 2.88. The van der Waals surface area contributed by atoms with Crippen LogP contribution in [0.4, 0.5) is 0 Å². The molecule has 0 aromatic rings. The summed E-state index contributed by atoms with van der Waals surface area (Å²) in [6, 6.07) is 0. The van der Waals surface area contributed by atoms with Gasteiger partial charge in [-0.25, -0.2) is 4.79 Å². The van der Waals surface area contributed by atoms with Gasteiger partial charge in [0, 0.05) is 0 Å². The summed E-state index contributed by atoms with van der Waals surface area (Å²) in [5, 5.41) is 0. The molecule has 0 aromatic carbocycles. The lowest BCUT2D eigenvalue weighted by Crippen LogP contribution is -2.24. The first-order chi connectivity index (χ1) is 6.74. The molecule has 1 rings (SSSR count). The molecule has 1 heterocycles. The van der Waals surface area contributed by atoms with Crippen LogP contribution in [0.1, 0.15) is 13.8 Å². The Morgan fingerprint density at radius 3 is 2.40 bits per heavy atom. The van der Waals surface area contributed by atoms with Gasteiger partial charge in [0.05, 0.1) is 17.0 Å². The first-order valence-corrected chi connectivity index (χ1v) is 5.72. The fraction of sp³-hybridized carbons (Fsp3) is 0.556. The first-order valence-electron chi connectivity index (χ1n) is 4.13. The minimum atomic E-state index is -1.10. The number of methoxy groups -OCH3 is 1. The number of ether oxygens (including phenoxy) is 2. The third kappa shape index (κ3) is 2.42. The number of cyclic esters (lactones) is 1. The van der Waals surface area contributed by atoms with Crippen LogP contribution in [0.3, 0.4) is 0 Å². The van der Waals surface area contributed by atoms with Crippen molar-refractivity contribution in [3.05, 3.63) is 10.6 Å². The quantitative estimate of drug-likeness (QED) is 0.448. The van der Waals surface area contributed by atoms with Crippen molar-refractivity contribution < 1.29 is 19.1 Å². The molecule has 1 aliphatic rings. The summed E-state index contributed by atoms with van der Waals surface area (Å²) in [6.07, 6.45) is 1.58. The van der Waals surface area contributed by atoms with Crippen LogP contribution in [-0.4, -0.2) is 23.6 Å². The van der Waals surface area contributed by atoms with E-state index in [1.54, 1.807) is 19.9 Å². The maximum Gasteiger partial charge on any atom is 0.369 e. The third-order valence-electron chi connectivity index (χ3n) is 1.96. The standard InChI is InChI=1S/C9H10Br2O4/c1-8(2,6(12)14-3)4-5(10)9(11)7(13)15-9/h4H,1-3H3. The number of carbonyl (C=O) groups is 2. The van der Waals surface area contributed by atoms with E-state index in [1.807, 2.05) is 0 Å². The van der Waals surface area contributed by atoms with E-state index in [1.165, 1.54) is 7.11 Å². The highest BCUT2D eigenvalue weighted by molar-refractivity contribution is 9.14. The maximum absolute atomic E-state index is 11.4. The smallest absolute Gasteiger partial charge is 0.369 e. The van der Waals surface area contributed by atoms with Crippen LogP contribution in [0.25, 0.3) is 0 Å². The SMILES string of the molecule is COC(=O)C(C)(C)C=C(Br)C1(Br)OC1=O. The van der Waals surface area contributed by atoms with Gasteiger partial charge in [-0.3, -0.25) is 4.79 Å². The Morgan fingerprint density at radius 2 is 2.07 bits per heavy atom. The van der Waals surface area contributed by atoms with E-state index < -0.39 is 9.93 Å². The van der Waals surface area contributed by atoms with Gasteiger partial charge in [0.15, 0.2) is 0 Å². The number of esters is 1. The molecule has 0 N–H and O–H groups in total. The topological polar surface area (TPSA) is 55.9 Å². The molecular weight excluding hydrogens is 332 g/mol. The van der Waals surface area contributed by atoms with Crippen molar-refractivity contribution in [1.29, 1.82) is 0 Å². The van der Waals surface area contributed by atoms with Crippen molar-refractivity contribution in [1.82, 2.24) is 0 Å². The molecule has 0 bridgehead atoms. The summed E-state index contributed by atoms with van der Waals surface area (Å²) < 4.78 is 8.74. The third-order valence-corrected chi connectivity index (χ3v) is 4.19. The summed E-state index contributed by atoms with van der Waals surface area (Å²) in [5.41, 5.74) is -0.819. The normalized spacial score (nSPS) is 25.9. The molecule has 1 aliphatic heterocycles. The van der Waals surface area contributed by atoms with Gasteiger partial charge in [-0.2, -0.15) is 0 Å². The molecule has 6 heteroatoms. The van der Waals surface area contributed by atoms with Gasteiger partial charge in [0.1, 0.15) is 0 Å². The van der Waals surface area contributed by atoms with Crippen LogP contribution >= 0.6 is 31.9 Å². The number of alkyl halides is 1. The zero-order chi connectivity index (χ0) is 11.9. The fourth-order valence-electron chi connectivity index (χ4n) is 0.980. The van der Waals surface area contributed by atoms with E-state index in [2.05, 4.69) is 36.6 Å². The second-order valence-corrected chi connectivity index (χ2v) is 5.66. The van der Waals surface area contributed by atoms with E-state index in [4.69, 9.17) is 4.74 Å². The van der Waals surface area contributed by atoms with Gasteiger partial charge >= 0.3 is 11.9 Å². The molecule has 1 fully saturated rings. The Morgan fingerprint density at radius 1 is 1.60 bits per heavy atom. The summed E-state index contributed by atoms with van der Waals surface area (Å²) in [5.74, 6) is -0.769. The number of hydrogen-bond donors (Lipinski definition) is 0. The van der Waals surface area contributed by atoms with Crippen molar-refractivity contribution in [3.63, 3.8) is 0 Å². The molecule has 0 saturated carbocycles. The second-order valence-electron chi connectivity index (χ2n) is 3.69. The van der Waals surface area contributed by atoms with E-state index in [9.17, 15) is 9.59 Å². The van der Waals surface area contributed by atoms with Crippen LogP contribution in [0, 0.1) is 5.41 Å². The zero-order valence-corrected chi connectivity index (χ0v) is 11.6. The van der Waals surface area contributed by atoms with Crippen molar-refractivity contribution in [3.8, 4) is 0 Å². The first kappa shape index (κ1) is 12.7. The Hall–Kier alpha value is -0.360. The van der Waals surface area contributed by atoms with Crippen LogP contribution in [0.5, 0.6) is 0 Å². The Kier molecular flexibility index (Phi) is 3.30. The molecule has 0 amide bonds. The Bertz CT molecular complexity index is 348. The van der Waals surface area contributed by atoms with Crippen molar-refractivity contribution in [2.45, 2.75) is 18.4 Å². The van der Waals surface area contributed by atoms with Crippen LogP contribution in [-0.2, 0) is 19.1 Å². The zero-order valence-electron chi connectivity index (χ0n) is 8.47. The largest absolute Gasteiger partial charge is 0.468 e. The Labute approximate surface area is 104 Å². The molecular formula is C9H10Br2O4. The van der Waals surface area contributed by atoms with Gasteiger partial charge in [0.2, 0.25) is 0 Å². The van der Waals surface area contributed by atoms with Crippen LogP contribution in [0.15, 0.2) is 10.6 Å². The number of hydrogen-bond acceptors (Lipinski definition) is 4. The highest BCUT2D eigenvalue weighted by Crippen LogP contribution is 2.47. The average Bonchev–Trinajstić information content (AvgIpc) is 2.74. The number of halogens is 2. The number of epoxide rings is 1. The second kappa shape index (κ2) is 3.90. The molecule has 0 spiro atoms. The van der Waals surface area contributed by atoms with Crippen molar-refractivity contribution in [2.24, 2.45) is 5.41 Å². The molecule has 15 heavy (non-hydrogen) atoms. The highest BCUT2D eigenvalue weighted by Gasteiger charge is 2.59. The van der Waals surface area contributed by atoms with Crippen molar-refractivity contribution >= 4 is 43.8 Å². The molecule has 0 aliphatic carbocycles.